The number of alkyl carbamates (subject to hydrolysis) is 1. The molecular formula is C12H14N2O4. The van der Waals surface area contributed by atoms with Gasteiger partial charge in [0.25, 0.3) is 0 Å². The molecule has 1 aromatic carbocycles. The van der Waals surface area contributed by atoms with Crippen molar-refractivity contribution in [3.8, 4) is 0 Å². The van der Waals surface area contributed by atoms with E-state index in [0.29, 0.717) is 0 Å². The molecule has 0 saturated heterocycles. The van der Waals surface area contributed by atoms with E-state index in [-0.39, 0.29) is 19.4 Å². The summed E-state index contributed by atoms with van der Waals surface area (Å²) in [7, 11) is 0. The van der Waals surface area contributed by atoms with Crippen LogP contribution in [0.25, 0.3) is 0 Å². The molecule has 0 aliphatic carbocycles. The molecule has 1 rings (SSSR count). The molecule has 1 aromatic rings. The second-order valence-corrected chi connectivity index (χ2v) is 3.58. The van der Waals surface area contributed by atoms with Crippen molar-refractivity contribution in [2.24, 2.45) is 5.73 Å². The number of amides is 3. The van der Waals surface area contributed by atoms with Gasteiger partial charge in [0, 0.05) is 12.8 Å². The number of primary amides is 1. The highest BCUT2D eigenvalue weighted by Gasteiger charge is 2.09. The Morgan fingerprint density at radius 1 is 1.11 bits per heavy atom. The Morgan fingerprint density at radius 3 is 2.39 bits per heavy atom. The summed E-state index contributed by atoms with van der Waals surface area (Å²) in [5.41, 5.74) is 5.69. The zero-order valence-electron chi connectivity index (χ0n) is 9.72. The summed E-state index contributed by atoms with van der Waals surface area (Å²) in [5, 5.41) is 2.00. The van der Waals surface area contributed by atoms with Crippen molar-refractivity contribution in [1.82, 2.24) is 5.32 Å². The van der Waals surface area contributed by atoms with Crippen LogP contribution in [0.1, 0.15) is 18.4 Å². The molecule has 6 heteroatoms. The van der Waals surface area contributed by atoms with Gasteiger partial charge in [-0.3, -0.25) is 14.9 Å². The first-order valence-corrected chi connectivity index (χ1v) is 5.37. The predicted molar refractivity (Wildman–Crippen MR) is 63.2 cm³/mol. The van der Waals surface area contributed by atoms with Crippen molar-refractivity contribution < 1.29 is 19.1 Å². The fourth-order valence-corrected chi connectivity index (χ4v) is 1.17. The van der Waals surface area contributed by atoms with Gasteiger partial charge in [-0.25, -0.2) is 4.79 Å². The van der Waals surface area contributed by atoms with E-state index in [2.05, 4.69) is 0 Å². The highest BCUT2D eigenvalue weighted by molar-refractivity contribution is 5.93. The maximum Gasteiger partial charge on any atom is 0.414 e. The smallest absolute Gasteiger partial charge is 0.414 e. The fourth-order valence-electron chi connectivity index (χ4n) is 1.17. The molecule has 3 amide bonds. The molecule has 96 valence electrons. The number of benzene rings is 1. The third kappa shape index (κ3) is 5.64. The molecule has 0 bridgehead atoms. The lowest BCUT2D eigenvalue weighted by molar-refractivity contribution is -0.124. The van der Waals surface area contributed by atoms with Crippen molar-refractivity contribution >= 4 is 17.9 Å². The first-order valence-electron chi connectivity index (χ1n) is 5.37. The summed E-state index contributed by atoms with van der Waals surface area (Å²) in [6, 6.07) is 9.06. The molecule has 0 aromatic heterocycles. The van der Waals surface area contributed by atoms with Gasteiger partial charge in [0.1, 0.15) is 6.61 Å². The Balaban J connectivity index is 2.25. The van der Waals surface area contributed by atoms with Crippen LogP contribution in [-0.2, 0) is 20.9 Å². The summed E-state index contributed by atoms with van der Waals surface area (Å²) in [6.45, 7) is 0.0791. The zero-order valence-corrected chi connectivity index (χ0v) is 9.72. The summed E-state index contributed by atoms with van der Waals surface area (Å²) >= 11 is 0. The van der Waals surface area contributed by atoms with Gasteiger partial charge in [0.05, 0.1) is 0 Å². The second kappa shape index (κ2) is 7.05. The van der Waals surface area contributed by atoms with Gasteiger partial charge in [0.2, 0.25) is 11.8 Å². The molecule has 0 unspecified atom stereocenters. The normalized spacial score (nSPS) is 9.56. The first kappa shape index (κ1) is 13.7. The van der Waals surface area contributed by atoms with E-state index in [1.807, 2.05) is 23.5 Å². The van der Waals surface area contributed by atoms with Crippen LogP contribution in [0.3, 0.4) is 0 Å². The Kier molecular flexibility index (Phi) is 5.37. The van der Waals surface area contributed by atoms with Gasteiger partial charge >= 0.3 is 6.09 Å². The SMILES string of the molecule is NC(=O)CCC(=O)NC(=O)OCc1ccccc1. The molecule has 0 radical (unpaired) electrons. The van der Waals surface area contributed by atoms with E-state index >= 15 is 0 Å². The van der Waals surface area contributed by atoms with E-state index in [1.54, 1.807) is 12.1 Å². The Hall–Kier alpha value is -2.37. The Bertz CT molecular complexity index is 431. The van der Waals surface area contributed by atoms with Gasteiger partial charge in [-0.15, -0.1) is 0 Å². The largest absolute Gasteiger partial charge is 0.444 e. The maximum atomic E-state index is 11.2. The minimum atomic E-state index is -0.840. The van der Waals surface area contributed by atoms with E-state index in [1.165, 1.54) is 0 Å². The second-order valence-electron chi connectivity index (χ2n) is 3.58. The van der Waals surface area contributed by atoms with Crippen molar-refractivity contribution in [3.63, 3.8) is 0 Å². The third-order valence-electron chi connectivity index (χ3n) is 2.05. The fraction of sp³-hybridized carbons (Fsp3) is 0.250. The number of hydrogen-bond donors (Lipinski definition) is 2. The van der Waals surface area contributed by atoms with Gasteiger partial charge in [-0.2, -0.15) is 0 Å². The molecule has 0 saturated carbocycles. The van der Waals surface area contributed by atoms with Crippen molar-refractivity contribution in [2.75, 3.05) is 0 Å². The van der Waals surface area contributed by atoms with E-state index in [9.17, 15) is 14.4 Å². The molecular weight excluding hydrogens is 236 g/mol. The molecule has 3 N–H and O–H groups in total. The lowest BCUT2D eigenvalue weighted by Gasteiger charge is -2.05. The summed E-state index contributed by atoms with van der Waals surface area (Å²) in [6.07, 6.45) is -1.07. The van der Waals surface area contributed by atoms with Gasteiger partial charge in [-0.1, -0.05) is 30.3 Å². The summed E-state index contributed by atoms with van der Waals surface area (Å²) in [4.78, 5) is 32.8. The van der Waals surface area contributed by atoms with Crippen LogP contribution >= 0.6 is 0 Å². The van der Waals surface area contributed by atoms with E-state index < -0.39 is 17.9 Å². The lowest BCUT2D eigenvalue weighted by atomic mass is 10.2. The van der Waals surface area contributed by atoms with Gasteiger partial charge in [-0.05, 0) is 5.56 Å². The molecule has 0 atom stereocenters. The lowest BCUT2D eigenvalue weighted by Crippen LogP contribution is -2.31. The standard InChI is InChI=1S/C12H14N2O4/c13-10(15)6-7-11(16)14-12(17)18-8-9-4-2-1-3-5-9/h1-5H,6-8H2,(H2,13,15)(H,14,16,17). The number of carbonyl (C=O) groups excluding carboxylic acids is 3. The summed E-state index contributed by atoms with van der Waals surface area (Å²) in [5.74, 6) is -1.19. The Labute approximate surface area is 104 Å². The van der Waals surface area contributed by atoms with Crippen LogP contribution in [0.2, 0.25) is 0 Å². The molecule has 18 heavy (non-hydrogen) atoms. The van der Waals surface area contributed by atoms with Crippen molar-refractivity contribution in [2.45, 2.75) is 19.4 Å². The number of carbonyl (C=O) groups is 3. The van der Waals surface area contributed by atoms with Crippen molar-refractivity contribution in [3.05, 3.63) is 35.9 Å². The zero-order chi connectivity index (χ0) is 13.4. The third-order valence-corrected chi connectivity index (χ3v) is 2.05. The number of imide groups is 1. The maximum absolute atomic E-state index is 11.2. The average Bonchev–Trinajstić information content (AvgIpc) is 2.35. The highest BCUT2D eigenvalue weighted by atomic mass is 16.5. The van der Waals surface area contributed by atoms with E-state index in [0.717, 1.165) is 5.56 Å². The molecule has 6 nitrogen and oxygen atoms in total. The van der Waals surface area contributed by atoms with Crippen LogP contribution in [0.4, 0.5) is 4.79 Å². The van der Waals surface area contributed by atoms with Crippen LogP contribution < -0.4 is 11.1 Å². The topological polar surface area (TPSA) is 98.5 Å². The number of rotatable bonds is 5. The first-order chi connectivity index (χ1) is 8.58. The monoisotopic (exact) mass is 250 g/mol. The summed E-state index contributed by atoms with van der Waals surface area (Å²) < 4.78 is 4.82. The number of nitrogens with one attached hydrogen (secondary N) is 1. The van der Waals surface area contributed by atoms with E-state index in [4.69, 9.17) is 10.5 Å². The molecule has 0 fully saturated rings. The van der Waals surface area contributed by atoms with Gasteiger partial charge in [0.15, 0.2) is 0 Å². The van der Waals surface area contributed by atoms with Crippen LogP contribution in [0.15, 0.2) is 30.3 Å². The molecule has 0 heterocycles. The number of nitrogens with two attached hydrogens (primary N) is 1. The number of hydrogen-bond acceptors (Lipinski definition) is 4. The number of ether oxygens (including phenoxy) is 1. The molecule has 0 aliphatic rings. The molecule has 0 spiro atoms. The van der Waals surface area contributed by atoms with Gasteiger partial charge < -0.3 is 10.5 Å². The molecule has 0 aliphatic heterocycles. The van der Waals surface area contributed by atoms with Crippen molar-refractivity contribution in [1.29, 1.82) is 0 Å². The average molecular weight is 250 g/mol. The van der Waals surface area contributed by atoms with Crippen LogP contribution in [0.5, 0.6) is 0 Å². The minimum absolute atomic E-state index is 0.0791. The Morgan fingerprint density at radius 2 is 1.78 bits per heavy atom. The van der Waals surface area contributed by atoms with Crippen LogP contribution in [-0.4, -0.2) is 17.9 Å². The predicted octanol–water partition coefficient (Wildman–Crippen LogP) is 0.705. The highest BCUT2D eigenvalue weighted by Crippen LogP contribution is 2.00. The quantitative estimate of drug-likeness (QED) is 0.803. The van der Waals surface area contributed by atoms with Crippen LogP contribution in [0, 0.1) is 0 Å². The minimum Gasteiger partial charge on any atom is -0.444 e.